The van der Waals surface area contributed by atoms with E-state index < -0.39 is 0 Å². The summed E-state index contributed by atoms with van der Waals surface area (Å²) in [6, 6.07) is 8.66. The molecular formula is C12H16OS2. The Morgan fingerprint density at radius 1 is 1.53 bits per heavy atom. The minimum absolute atomic E-state index is 0.287. The van der Waals surface area contributed by atoms with Crippen molar-refractivity contribution in [2.75, 3.05) is 12.4 Å². The molecular weight excluding hydrogens is 224 g/mol. The van der Waals surface area contributed by atoms with Crippen LogP contribution in [-0.4, -0.2) is 28.0 Å². The highest BCUT2D eigenvalue weighted by atomic mass is 32.2. The van der Waals surface area contributed by atoms with Crippen LogP contribution in [0.4, 0.5) is 0 Å². The van der Waals surface area contributed by atoms with Crippen LogP contribution in [0.1, 0.15) is 12.5 Å². The van der Waals surface area contributed by atoms with E-state index in [2.05, 4.69) is 31.2 Å². The molecule has 2 atom stereocenters. The van der Waals surface area contributed by atoms with Gasteiger partial charge in [0.2, 0.25) is 0 Å². The fraction of sp³-hybridized carbons (Fsp3) is 0.500. The Balaban J connectivity index is 1.85. The molecule has 0 amide bonds. The summed E-state index contributed by atoms with van der Waals surface area (Å²) in [5, 5.41) is 10.0. The van der Waals surface area contributed by atoms with E-state index in [1.165, 1.54) is 16.9 Å². The van der Waals surface area contributed by atoms with Gasteiger partial charge in [-0.3, -0.25) is 0 Å². The average molecular weight is 240 g/mol. The zero-order valence-electron chi connectivity index (χ0n) is 8.85. The molecule has 0 saturated carbocycles. The van der Waals surface area contributed by atoms with Gasteiger partial charge in [0, 0.05) is 21.1 Å². The Kier molecular flexibility index (Phi) is 4.00. The second-order valence-electron chi connectivity index (χ2n) is 3.88. The van der Waals surface area contributed by atoms with E-state index in [9.17, 15) is 0 Å². The van der Waals surface area contributed by atoms with Crippen molar-refractivity contribution in [1.82, 2.24) is 0 Å². The maximum atomic E-state index is 8.95. The molecule has 1 aromatic carbocycles. The van der Waals surface area contributed by atoms with Crippen LogP contribution in [0, 0.1) is 0 Å². The van der Waals surface area contributed by atoms with E-state index in [0.29, 0.717) is 10.5 Å². The van der Waals surface area contributed by atoms with Gasteiger partial charge in [-0.25, -0.2) is 0 Å². The quantitative estimate of drug-likeness (QED) is 0.874. The lowest BCUT2D eigenvalue weighted by Gasteiger charge is -2.11. The fourth-order valence-electron chi connectivity index (χ4n) is 1.67. The molecule has 1 aliphatic rings. The largest absolute Gasteiger partial charge is 0.395 e. The van der Waals surface area contributed by atoms with Crippen molar-refractivity contribution < 1.29 is 5.11 Å². The van der Waals surface area contributed by atoms with E-state index >= 15 is 0 Å². The molecule has 0 aliphatic carbocycles. The minimum atomic E-state index is 0.287. The summed E-state index contributed by atoms with van der Waals surface area (Å²) in [4.78, 5) is 1.44. The maximum absolute atomic E-state index is 8.95. The Morgan fingerprint density at radius 2 is 2.33 bits per heavy atom. The average Bonchev–Trinajstić information content (AvgIpc) is 2.68. The number of rotatable bonds is 4. The highest BCUT2D eigenvalue weighted by molar-refractivity contribution is 8.03. The predicted octanol–water partition coefficient (Wildman–Crippen LogP) is 2.82. The first-order valence-corrected chi connectivity index (χ1v) is 7.19. The van der Waals surface area contributed by atoms with Gasteiger partial charge < -0.3 is 5.11 Å². The molecule has 82 valence electrons. The number of hydrogen-bond donors (Lipinski definition) is 1. The predicted molar refractivity (Wildman–Crippen MR) is 68.8 cm³/mol. The van der Waals surface area contributed by atoms with Gasteiger partial charge in [-0.2, -0.15) is 11.8 Å². The van der Waals surface area contributed by atoms with Gasteiger partial charge >= 0.3 is 0 Å². The molecule has 3 heteroatoms. The Labute approximate surface area is 99.7 Å². The van der Waals surface area contributed by atoms with E-state index in [4.69, 9.17) is 5.11 Å². The van der Waals surface area contributed by atoms with Gasteiger partial charge in [0.15, 0.2) is 0 Å². The zero-order chi connectivity index (χ0) is 10.7. The highest BCUT2D eigenvalue weighted by Crippen LogP contribution is 2.38. The van der Waals surface area contributed by atoms with Crippen LogP contribution < -0.4 is 0 Å². The summed E-state index contributed by atoms with van der Waals surface area (Å²) in [6.07, 6.45) is 1.19. The first-order chi connectivity index (χ1) is 7.29. The third-order valence-electron chi connectivity index (χ3n) is 2.54. The van der Waals surface area contributed by atoms with Crippen LogP contribution in [0.25, 0.3) is 0 Å². The normalized spacial score (nSPS) is 21.3. The molecule has 0 radical (unpaired) electrons. The van der Waals surface area contributed by atoms with Crippen molar-refractivity contribution in [3.63, 3.8) is 0 Å². The van der Waals surface area contributed by atoms with Crippen LogP contribution in [0.2, 0.25) is 0 Å². The maximum Gasteiger partial charge on any atom is 0.0547 e. The summed E-state index contributed by atoms with van der Waals surface area (Å²) in [5.41, 5.74) is 1.49. The fourth-order valence-corrected chi connectivity index (χ4v) is 4.03. The van der Waals surface area contributed by atoms with E-state index in [1.807, 2.05) is 23.5 Å². The molecule has 0 saturated heterocycles. The summed E-state index contributed by atoms with van der Waals surface area (Å²) >= 11 is 3.86. The molecule has 1 N–H and O–H groups in total. The van der Waals surface area contributed by atoms with E-state index in [1.54, 1.807) is 0 Å². The van der Waals surface area contributed by atoms with Crippen LogP contribution in [0.3, 0.4) is 0 Å². The molecule has 15 heavy (non-hydrogen) atoms. The van der Waals surface area contributed by atoms with Gasteiger partial charge in [-0.15, -0.1) is 11.8 Å². The third kappa shape index (κ3) is 2.92. The number of aliphatic hydroxyl groups excluding tert-OH is 1. The summed E-state index contributed by atoms with van der Waals surface area (Å²) < 4.78 is 0. The van der Waals surface area contributed by atoms with Gasteiger partial charge in [-0.1, -0.05) is 25.1 Å². The Bertz CT molecular complexity index is 302. The van der Waals surface area contributed by atoms with Crippen LogP contribution >= 0.6 is 23.5 Å². The van der Waals surface area contributed by atoms with Crippen LogP contribution in [0.15, 0.2) is 29.2 Å². The molecule has 2 unspecified atom stereocenters. The molecule has 1 aliphatic heterocycles. The van der Waals surface area contributed by atoms with Crippen molar-refractivity contribution >= 4 is 23.5 Å². The standard InChI is InChI=1S/C12H16OS2/c1-9(7-13)14-8-11-6-10-4-2-3-5-12(10)15-11/h2-5,9,11,13H,6-8H2,1H3. The number of thioether (sulfide) groups is 2. The van der Waals surface area contributed by atoms with Crippen LogP contribution in [-0.2, 0) is 6.42 Å². The van der Waals surface area contributed by atoms with Crippen molar-refractivity contribution in [3.8, 4) is 0 Å². The lowest BCUT2D eigenvalue weighted by molar-refractivity contribution is 0.300. The lowest BCUT2D eigenvalue weighted by atomic mass is 10.1. The first-order valence-electron chi connectivity index (χ1n) is 5.26. The molecule has 2 rings (SSSR count). The number of aliphatic hydroxyl groups is 1. The number of benzene rings is 1. The van der Waals surface area contributed by atoms with Crippen LogP contribution in [0.5, 0.6) is 0 Å². The van der Waals surface area contributed by atoms with Gasteiger partial charge in [0.05, 0.1) is 6.61 Å². The number of fused-ring (bicyclic) bond motifs is 1. The molecule has 0 spiro atoms. The number of hydrogen-bond acceptors (Lipinski definition) is 3. The molecule has 0 aromatic heterocycles. The lowest BCUT2D eigenvalue weighted by Crippen LogP contribution is -2.10. The topological polar surface area (TPSA) is 20.2 Å². The van der Waals surface area contributed by atoms with E-state index in [0.717, 1.165) is 5.75 Å². The monoisotopic (exact) mass is 240 g/mol. The molecule has 1 heterocycles. The zero-order valence-corrected chi connectivity index (χ0v) is 10.5. The minimum Gasteiger partial charge on any atom is -0.395 e. The molecule has 1 aromatic rings. The van der Waals surface area contributed by atoms with Crippen molar-refractivity contribution in [2.24, 2.45) is 0 Å². The Hall–Kier alpha value is -0.120. The Morgan fingerprint density at radius 3 is 3.07 bits per heavy atom. The van der Waals surface area contributed by atoms with Gasteiger partial charge in [0.25, 0.3) is 0 Å². The molecule has 0 fully saturated rings. The first kappa shape index (κ1) is 11.4. The van der Waals surface area contributed by atoms with Gasteiger partial charge in [-0.05, 0) is 18.1 Å². The van der Waals surface area contributed by atoms with Crippen molar-refractivity contribution in [3.05, 3.63) is 29.8 Å². The van der Waals surface area contributed by atoms with Crippen molar-refractivity contribution in [2.45, 2.75) is 28.7 Å². The summed E-state index contributed by atoms with van der Waals surface area (Å²) in [6.45, 7) is 2.37. The van der Waals surface area contributed by atoms with E-state index in [-0.39, 0.29) is 6.61 Å². The van der Waals surface area contributed by atoms with Crippen molar-refractivity contribution in [1.29, 1.82) is 0 Å². The SMILES string of the molecule is CC(CO)SCC1Cc2ccccc2S1. The summed E-state index contributed by atoms with van der Waals surface area (Å²) in [7, 11) is 0. The summed E-state index contributed by atoms with van der Waals surface area (Å²) in [5.74, 6) is 1.14. The molecule has 1 nitrogen and oxygen atoms in total. The molecule has 0 bridgehead atoms. The highest BCUT2D eigenvalue weighted by Gasteiger charge is 2.21. The second kappa shape index (κ2) is 5.28. The smallest absolute Gasteiger partial charge is 0.0547 e. The second-order valence-corrected chi connectivity index (χ2v) is 6.69. The van der Waals surface area contributed by atoms with Gasteiger partial charge in [0.1, 0.15) is 0 Å². The third-order valence-corrected chi connectivity index (χ3v) is 5.38.